The first kappa shape index (κ1) is 26.1. The monoisotopic (exact) mass is 504 g/mol. The molecule has 0 radical (unpaired) electrons. The molecule has 0 atom stereocenters. The van der Waals surface area contributed by atoms with Gasteiger partial charge in [-0.25, -0.2) is 9.18 Å². The van der Waals surface area contributed by atoms with Gasteiger partial charge in [-0.15, -0.1) is 0 Å². The van der Waals surface area contributed by atoms with Gasteiger partial charge in [-0.05, 0) is 56.5 Å². The summed E-state index contributed by atoms with van der Waals surface area (Å²) in [5.74, 6) is -0.289. The summed E-state index contributed by atoms with van der Waals surface area (Å²) >= 11 is 0. The van der Waals surface area contributed by atoms with E-state index in [1.165, 1.54) is 0 Å². The van der Waals surface area contributed by atoms with Crippen LogP contribution in [0.15, 0.2) is 48.8 Å². The summed E-state index contributed by atoms with van der Waals surface area (Å²) in [6.45, 7) is 8.42. The van der Waals surface area contributed by atoms with E-state index in [1.54, 1.807) is 12.4 Å². The predicted octanol–water partition coefficient (Wildman–Crippen LogP) is 5.81. The van der Waals surface area contributed by atoms with Crippen LogP contribution in [-0.4, -0.2) is 47.4 Å². The lowest BCUT2D eigenvalue weighted by molar-refractivity contribution is 0.102. The molecule has 4 rings (SSSR count). The molecule has 0 saturated carbocycles. The minimum Gasteiger partial charge on any atom is -0.465 e. The third-order valence-corrected chi connectivity index (χ3v) is 6.71. The average molecular weight is 505 g/mol. The number of alkyl halides is 1. The topological polar surface area (TPSA) is 94.6 Å². The number of nitrogens with one attached hydrogen (secondary N) is 2. The number of amides is 2. The molecular formula is C29H33FN4O3. The van der Waals surface area contributed by atoms with Gasteiger partial charge in [0.2, 0.25) is 0 Å². The standard InChI is InChI=1S/C29H33FN4O3/c1-18-9-19(2)12-22(11-18)24-15-31-16-25(27(35)33-23-13-20(3)10-21(4)14-23)26(24)34-7-5-29(30,6-8-34)17-32-28(36)37/h9-16,32H,5-8,17H2,1-4H3,(H,33,35)(H,36,37). The van der Waals surface area contributed by atoms with Crippen molar-refractivity contribution in [1.29, 1.82) is 0 Å². The maximum absolute atomic E-state index is 15.3. The number of aryl methyl sites for hydroxylation is 4. The fourth-order valence-electron chi connectivity index (χ4n) is 5.09. The number of benzene rings is 2. The van der Waals surface area contributed by atoms with Gasteiger partial charge in [-0.1, -0.05) is 35.4 Å². The van der Waals surface area contributed by atoms with Crippen LogP contribution in [0, 0.1) is 27.7 Å². The summed E-state index contributed by atoms with van der Waals surface area (Å²) in [4.78, 5) is 30.9. The molecule has 7 nitrogen and oxygen atoms in total. The molecular weight excluding hydrogens is 471 g/mol. The first-order valence-corrected chi connectivity index (χ1v) is 12.4. The van der Waals surface area contributed by atoms with Crippen LogP contribution in [0.5, 0.6) is 0 Å². The summed E-state index contributed by atoms with van der Waals surface area (Å²) < 4.78 is 15.3. The molecule has 1 saturated heterocycles. The van der Waals surface area contributed by atoms with E-state index in [4.69, 9.17) is 5.11 Å². The third kappa shape index (κ3) is 6.25. The zero-order chi connectivity index (χ0) is 26.7. The number of hydrogen-bond acceptors (Lipinski definition) is 4. The van der Waals surface area contributed by atoms with Gasteiger partial charge in [-0.2, -0.15) is 0 Å². The maximum atomic E-state index is 15.3. The van der Waals surface area contributed by atoms with Crippen LogP contribution >= 0.6 is 0 Å². The van der Waals surface area contributed by atoms with Crippen molar-refractivity contribution in [2.24, 2.45) is 0 Å². The van der Waals surface area contributed by atoms with Crippen LogP contribution in [-0.2, 0) is 0 Å². The van der Waals surface area contributed by atoms with E-state index in [0.29, 0.717) is 30.0 Å². The molecule has 3 N–H and O–H groups in total. The van der Waals surface area contributed by atoms with E-state index in [2.05, 4.69) is 33.8 Å². The molecule has 1 aliphatic heterocycles. The molecule has 2 aromatic carbocycles. The zero-order valence-corrected chi connectivity index (χ0v) is 21.7. The number of anilines is 2. The lowest BCUT2D eigenvalue weighted by Crippen LogP contribution is -2.48. The van der Waals surface area contributed by atoms with E-state index in [9.17, 15) is 9.59 Å². The smallest absolute Gasteiger partial charge is 0.404 e. The largest absolute Gasteiger partial charge is 0.465 e. The fourth-order valence-corrected chi connectivity index (χ4v) is 5.09. The van der Waals surface area contributed by atoms with Gasteiger partial charge in [0, 0.05) is 49.6 Å². The first-order valence-electron chi connectivity index (χ1n) is 12.4. The number of hydrogen-bond donors (Lipinski definition) is 3. The Kier molecular flexibility index (Phi) is 7.47. The number of carboxylic acid groups (broad SMARTS) is 1. The number of piperidine rings is 1. The van der Waals surface area contributed by atoms with E-state index < -0.39 is 11.8 Å². The summed E-state index contributed by atoms with van der Waals surface area (Å²) in [6, 6.07) is 12.1. The molecule has 194 valence electrons. The highest BCUT2D eigenvalue weighted by Crippen LogP contribution is 2.38. The van der Waals surface area contributed by atoms with E-state index >= 15 is 4.39 Å². The second kappa shape index (κ2) is 10.6. The second-order valence-corrected chi connectivity index (χ2v) is 10.1. The van der Waals surface area contributed by atoms with Crippen molar-refractivity contribution >= 4 is 23.4 Å². The Hall–Kier alpha value is -3.94. The Balaban J connectivity index is 1.73. The van der Waals surface area contributed by atoms with Crippen molar-refractivity contribution in [1.82, 2.24) is 10.3 Å². The Morgan fingerprint density at radius 1 is 0.946 bits per heavy atom. The summed E-state index contributed by atoms with van der Waals surface area (Å²) in [5, 5.41) is 14.1. The van der Waals surface area contributed by atoms with Crippen molar-refractivity contribution in [3.63, 3.8) is 0 Å². The summed E-state index contributed by atoms with van der Waals surface area (Å²) in [7, 11) is 0. The Morgan fingerprint density at radius 2 is 1.51 bits per heavy atom. The van der Waals surface area contributed by atoms with Crippen LogP contribution < -0.4 is 15.5 Å². The number of carbonyl (C=O) groups excluding carboxylic acids is 1. The highest BCUT2D eigenvalue weighted by atomic mass is 19.1. The number of carbonyl (C=O) groups is 2. The van der Waals surface area contributed by atoms with E-state index in [1.807, 2.05) is 50.8 Å². The van der Waals surface area contributed by atoms with Gasteiger partial charge in [0.15, 0.2) is 0 Å². The number of nitrogens with zero attached hydrogens (tertiary/aromatic N) is 2. The SMILES string of the molecule is Cc1cc(C)cc(NC(=O)c2cncc(-c3cc(C)cc(C)c3)c2N2CCC(F)(CNC(=O)O)CC2)c1. The first-order chi connectivity index (χ1) is 17.5. The quantitative estimate of drug-likeness (QED) is 0.394. The second-order valence-electron chi connectivity index (χ2n) is 10.1. The number of aromatic nitrogens is 1. The molecule has 1 fully saturated rings. The lowest BCUT2D eigenvalue weighted by Gasteiger charge is -2.39. The molecule has 3 aromatic rings. The number of pyridine rings is 1. The molecule has 8 heteroatoms. The van der Waals surface area contributed by atoms with Crippen LogP contribution in [0.1, 0.15) is 45.5 Å². The average Bonchev–Trinajstić information content (AvgIpc) is 2.82. The van der Waals surface area contributed by atoms with E-state index in [0.717, 1.165) is 33.4 Å². The van der Waals surface area contributed by atoms with Gasteiger partial charge in [-0.3, -0.25) is 9.78 Å². The fraction of sp³-hybridized carbons (Fsp3) is 0.345. The van der Waals surface area contributed by atoms with Gasteiger partial charge in [0.1, 0.15) is 5.67 Å². The minimum absolute atomic E-state index is 0.139. The van der Waals surface area contributed by atoms with Gasteiger partial charge in [0.25, 0.3) is 5.91 Å². The van der Waals surface area contributed by atoms with Gasteiger partial charge < -0.3 is 20.6 Å². The molecule has 0 aliphatic carbocycles. The molecule has 2 amide bonds. The summed E-state index contributed by atoms with van der Waals surface area (Å²) in [5.41, 5.74) is 6.18. The minimum atomic E-state index is -1.64. The molecule has 1 aromatic heterocycles. The van der Waals surface area contributed by atoms with Crippen LogP contribution in [0.2, 0.25) is 0 Å². The molecule has 1 aliphatic rings. The Morgan fingerprint density at radius 3 is 2.08 bits per heavy atom. The van der Waals surface area contributed by atoms with Crippen molar-refractivity contribution in [3.8, 4) is 11.1 Å². The normalized spacial score (nSPS) is 14.8. The molecule has 0 spiro atoms. The van der Waals surface area contributed by atoms with Crippen molar-refractivity contribution in [3.05, 3.63) is 76.6 Å². The summed E-state index contributed by atoms with van der Waals surface area (Å²) in [6.07, 6.45) is 2.35. The Labute approximate surface area is 216 Å². The molecule has 0 unspecified atom stereocenters. The molecule has 37 heavy (non-hydrogen) atoms. The Bertz CT molecular complexity index is 1290. The highest BCUT2D eigenvalue weighted by molar-refractivity contribution is 6.10. The van der Waals surface area contributed by atoms with Crippen LogP contribution in [0.25, 0.3) is 11.1 Å². The predicted molar refractivity (Wildman–Crippen MR) is 144 cm³/mol. The van der Waals surface area contributed by atoms with Crippen molar-refractivity contribution in [2.75, 3.05) is 29.9 Å². The van der Waals surface area contributed by atoms with Gasteiger partial charge in [0.05, 0.1) is 17.8 Å². The number of halogens is 1. The van der Waals surface area contributed by atoms with Crippen LogP contribution in [0.4, 0.5) is 20.6 Å². The van der Waals surface area contributed by atoms with E-state index in [-0.39, 0.29) is 25.3 Å². The van der Waals surface area contributed by atoms with Crippen LogP contribution in [0.3, 0.4) is 0 Å². The lowest BCUT2D eigenvalue weighted by atomic mass is 9.91. The zero-order valence-electron chi connectivity index (χ0n) is 21.7. The molecule has 0 bridgehead atoms. The van der Waals surface area contributed by atoms with Gasteiger partial charge >= 0.3 is 6.09 Å². The highest BCUT2D eigenvalue weighted by Gasteiger charge is 2.36. The third-order valence-electron chi connectivity index (χ3n) is 6.71. The number of rotatable bonds is 6. The van der Waals surface area contributed by atoms with Crippen molar-refractivity contribution in [2.45, 2.75) is 46.2 Å². The maximum Gasteiger partial charge on any atom is 0.404 e. The molecule has 2 heterocycles. The van der Waals surface area contributed by atoms with Crippen molar-refractivity contribution < 1.29 is 19.1 Å².